The molecule has 0 spiro atoms. The van der Waals surface area contributed by atoms with E-state index in [4.69, 9.17) is 32.7 Å². The Morgan fingerprint density at radius 1 is 1.19 bits per heavy atom. The maximum absolute atomic E-state index is 13.0. The first-order chi connectivity index (χ1) is 14.7. The first-order valence-corrected chi connectivity index (χ1v) is 12.4. The molecule has 31 heavy (non-hydrogen) atoms. The van der Waals surface area contributed by atoms with Gasteiger partial charge in [0.1, 0.15) is 18.2 Å². The summed E-state index contributed by atoms with van der Waals surface area (Å²) in [5, 5.41) is 0.934. The van der Waals surface area contributed by atoms with Crippen molar-refractivity contribution in [3.8, 4) is 11.5 Å². The molecule has 0 aliphatic carbocycles. The van der Waals surface area contributed by atoms with Crippen molar-refractivity contribution in [1.82, 2.24) is 4.90 Å². The van der Waals surface area contributed by atoms with Gasteiger partial charge in [0.15, 0.2) is 15.6 Å². The van der Waals surface area contributed by atoms with Crippen LogP contribution in [0.5, 0.6) is 11.5 Å². The molecule has 3 aliphatic heterocycles. The Bertz CT molecular complexity index is 1260. The van der Waals surface area contributed by atoms with E-state index in [9.17, 15) is 13.2 Å². The Balaban J connectivity index is 1.46. The van der Waals surface area contributed by atoms with Crippen molar-refractivity contribution in [2.24, 2.45) is 0 Å². The highest BCUT2D eigenvalue weighted by molar-refractivity contribution is 7.91. The Hall–Kier alpha value is -2.06. The number of hydrogen-bond donors (Lipinski definition) is 0. The van der Waals surface area contributed by atoms with Gasteiger partial charge in [-0.1, -0.05) is 29.3 Å². The number of allylic oxidation sites excluding steroid dienone is 1. The Labute approximate surface area is 190 Å². The first-order valence-electron chi connectivity index (χ1n) is 9.85. The normalized spacial score (nSPS) is 23.4. The van der Waals surface area contributed by atoms with E-state index in [1.807, 2.05) is 11.8 Å². The van der Waals surface area contributed by atoms with E-state index < -0.39 is 9.84 Å². The van der Waals surface area contributed by atoms with E-state index >= 15 is 0 Å². The van der Waals surface area contributed by atoms with Crippen LogP contribution in [0.2, 0.25) is 10.0 Å². The third-order valence-electron chi connectivity index (χ3n) is 5.94. The number of rotatable bonds is 2. The van der Waals surface area contributed by atoms with Crippen LogP contribution in [0.25, 0.3) is 6.08 Å². The number of ether oxygens (including phenoxy) is 2. The third kappa shape index (κ3) is 3.74. The van der Waals surface area contributed by atoms with E-state index in [1.54, 1.807) is 30.3 Å². The summed E-state index contributed by atoms with van der Waals surface area (Å²) >= 11 is 12.2. The summed E-state index contributed by atoms with van der Waals surface area (Å²) in [4.78, 5) is 15.1. The van der Waals surface area contributed by atoms with Crippen molar-refractivity contribution >= 4 is 44.9 Å². The van der Waals surface area contributed by atoms with Crippen molar-refractivity contribution in [2.75, 3.05) is 18.2 Å². The van der Waals surface area contributed by atoms with Gasteiger partial charge in [-0.2, -0.15) is 0 Å². The summed E-state index contributed by atoms with van der Waals surface area (Å²) in [7, 11) is -2.99. The molecule has 5 rings (SSSR count). The molecule has 1 saturated heterocycles. The second-order valence-corrected chi connectivity index (χ2v) is 11.1. The van der Waals surface area contributed by atoms with Crippen molar-refractivity contribution in [3.63, 3.8) is 0 Å². The van der Waals surface area contributed by atoms with Gasteiger partial charge in [-0.15, -0.1) is 0 Å². The molecule has 1 unspecified atom stereocenters. The molecule has 0 bridgehead atoms. The van der Waals surface area contributed by atoms with Gasteiger partial charge in [0.05, 0.1) is 17.1 Å². The molecule has 0 amide bonds. The van der Waals surface area contributed by atoms with Crippen LogP contribution < -0.4 is 9.47 Å². The summed E-state index contributed by atoms with van der Waals surface area (Å²) in [5.74, 6) is 1.48. The minimum atomic E-state index is -2.99. The second kappa shape index (κ2) is 7.52. The Kier molecular flexibility index (Phi) is 5.05. The Morgan fingerprint density at radius 2 is 2.00 bits per heavy atom. The molecule has 2 aromatic rings. The van der Waals surface area contributed by atoms with E-state index in [-0.39, 0.29) is 29.1 Å². The molecular formula is C22H19Cl2NO5S. The number of carbonyl (C=O) groups excluding carboxylic acids is 1. The van der Waals surface area contributed by atoms with Crippen LogP contribution in [0, 0.1) is 6.92 Å². The van der Waals surface area contributed by atoms with Crippen LogP contribution in [0.3, 0.4) is 0 Å². The minimum Gasteiger partial charge on any atom is -0.477 e. The van der Waals surface area contributed by atoms with E-state index in [2.05, 4.69) is 0 Å². The van der Waals surface area contributed by atoms with Gasteiger partial charge in [-0.25, -0.2) is 8.42 Å². The molecule has 0 saturated carbocycles. The molecule has 0 radical (unpaired) electrons. The average molecular weight is 480 g/mol. The fourth-order valence-electron chi connectivity index (χ4n) is 4.32. The molecule has 1 atom stereocenters. The standard InChI is InChI=1S/C22H19Cl2NO5S/c1-12-21-14(9-25(11-29-21)16-4-5-31(27,28)10-16)6-17-20(26)19(30-22(12)17)7-13-2-3-15(23)8-18(13)24/h2-3,6-8,16H,4-5,9-11H2,1H3/b19-7-. The highest BCUT2D eigenvalue weighted by atomic mass is 35.5. The number of halogens is 2. The molecule has 3 aliphatic rings. The summed E-state index contributed by atoms with van der Waals surface area (Å²) in [6.45, 7) is 2.70. The molecule has 9 heteroatoms. The SMILES string of the molecule is Cc1c2c(cc3c1O/C(=C\c1ccc(Cl)cc1Cl)C3=O)CN(C1CCS(=O)(=O)C1)CO2. The summed E-state index contributed by atoms with van der Waals surface area (Å²) in [5.41, 5.74) is 2.71. The molecule has 1 fully saturated rings. The zero-order valence-corrected chi connectivity index (χ0v) is 19.0. The molecular weight excluding hydrogens is 461 g/mol. The van der Waals surface area contributed by atoms with Crippen LogP contribution in [0.1, 0.15) is 33.5 Å². The van der Waals surface area contributed by atoms with Crippen LogP contribution in [-0.4, -0.2) is 43.4 Å². The van der Waals surface area contributed by atoms with Gasteiger partial charge in [-0.3, -0.25) is 9.69 Å². The maximum atomic E-state index is 13.0. The molecule has 3 heterocycles. The van der Waals surface area contributed by atoms with Gasteiger partial charge < -0.3 is 9.47 Å². The van der Waals surface area contributed by atoms with E-state index in [0.717, 1.165) is 11.1 Å². The summed E-state index contributed by atoms with van der Waals surface area (Å²) in [6, 6.07) is 6.76. The lowest BCUT2D eigenvalue weighted by atomic mass is 9.99. The summed E-state index contributed by atoms with van der Waals surface area (Å²) < 4.78 is 35.6. The van der Waals surface area contributed by atoms with E-state index in [0.29, 0.717) is 52.4 Å². The van der Waals surface area contributed by atoms with Gasteiger partial charge >= 0.3 is 0 Å². The van der Waals surface area contributed by atoms with Crippen molar-refractivity contribution < 1.29 is 22.7 Å². The van der Waals surface area contributed by atoms with Crippen LogP contribution >= 0.6 is 23.2 Å². The van der Waals surface area contributed by atoms with Crippen molar-refractivity contribution in [3.05, 3.63) is 62.3 Å². The number of hydrogen-bond acceptors (Lipinski definition) is 6. The predicted octanol–water partition coefficient (Wildman–Crippen LogP) is 4.26. The molecule has 2 aromatic carbocycles. The fourth-order valence-corrected chi connectivity index (χ4v) is 6.55. The molecule has 6 nitrogen and oxygen atoms in total. The van der Waals surface area contributed by atoms with Crippen LogP contribution in [-0.2, 0) is 16.4 Å². The molecule has 162 valence electrons. The van der Waals surface area contributed by atoms with Crippen molar-refractivity contribution in [1.29, 1.82) is 0 Å². The molecule has 0 N–H and O–H groups in total. The number of sulfone groups is 1. The predicted molar refractivity (Wildman–Crippen MR) is 119 cm³/mol. The zero-order chi connectivity index (χ0) is 21.9. The van der Waals surface area contributed by atoms with E-state index in [1.165, 1.54) is 0 Å². The fraction of sp³-hybridized carbons (Fsp3) is 0.318. The topological polar surface area (TPSA) is 72.9 Å². The van der Waals surface area contributed by atoms with Gasteiger partial charge in [0.2, 0.25) is 5.78 Å². The zero-order valence-electron chi connectivity index (χ0n) is 16.7. The number of carbonyl (C=O) groups is 1. The average Bonchev–Trinajstić information content (AvgIpc) is 3.24. The monoisotopic (exact) mass is 479 g/mol. The number of fused-ring (bicyclic) bond motifs is 2. The van der Waals surface area contributed by atoms with Gasteiger partial charge in [0.25, 0.3) is 0 Å². The second-order valence-electron chi connectivity index (χ2n) is 8.05. The third-order valence-corrected chi connectivity index (χ3v) is 8.25. The van der Waals surface area contributed by atoms with Crippen molar-refractivity contribution in [2.45, 2.75) is 25.9 Å². The maximum Gasteiger partial charge on any atom is 0.231 e. The summed E-state index contributed by atoms with van der Waals surface area (Å²) in [6.07, 6.45) is 2.21. The minimum absolute atomic E-state index is 0.0684. The number of benzene rings is 2. The van der Waals surface area contributed by atoms with Crippen LogP contribution in [0.15, 0.2) is 30.0 Å². The van der Waals surface area contributed by atoms with Gasteiger partial charge in [0, 0.05) is 33.8 Å². The largest absolute Gasteiger partial charge is 0.477 e. The number of nitrogens with zero attached hydrogens (tertiary/aromatic N) is 1. The highest BCUT2D eigenvalue weighted by Gasteiger charge is 2.37. The lowest BCUT2D eigenvalue weighted by molar-refractivity contribution is 0.0637. The Morgan fingerprint density at radius 3 is 2.71 bits per heavy atom. The lowest BCUT2D eigenvalue weighted by Gasteiger charge is -2.33. The number of ketones is 1. The molecule has 0 aromatic heterocycles. The highest BCUT2D eigenvalue weighted by Crippen LogP contribution is 2.44. The first kappa shape index (κ1) is 20.8. The van der Waals surface area contributed by atoms with Crippen LogP contribution in [0.4, 0.5) is 0 Å². The van der Waals surface area contributed by atoms with Gasteiger partial charge in [-0.05, 0) is 43.2 Å². The smallest absolute Gasteiger partial charge is 0.231 e. The lowest BCUT2D eigenvalue weighted by Crippen LogP contribution is -2.41. The number of Topliss-reactive ketones (excluding diaryl/α,β-unsaturated/α-hetero) is 1. The quantitative estimate of drug-likeness (QED) is 0.599.